The van der Waals surface area contributed by atoms with E-state index in [1.807, 2.05) is 12.1 Å². The molecule has 0 aliphatic heterocycles. The number of aryl methyl sites for hydroxylation is 1. The molecule has 0 spiro atoms. The van der Waals surface area contributed by atoms with Gasteiger partial charge in [0.15, 0.2) is 0 Å². The number of benzene rings is 1. The highest BCUT2D eigenvalue weighted by Crippen LogP contribution is 2.24. The van der Waals surface area contributed by atoms with Gasteiger partial charge in [-0.2, -0.15) is 5.26 Å². The zero-order valence-corrected chi connectivity index (χ0v) is 7.65. The normalized spacial score (nSPS) is 10.0. The van der Waals surface area contributed by atoms with Gasteiger partial charge in [0.2, 0.25) is 0 Å². The molecule has 0 amide bonds. The summed E-state index contributed by atoms with van der Waals surface area (Å²) < 4.78 is 0. The Morgan fingerprint density at radius 3 is 2.71 bits per heavy atom. The number of phenols is 1. The van der Waals surface area contributed by atoms with E-state index in [-0.39, 0.29) is 5.75 Å². The third-order valence-corrected chi connectivity index (χ3v) is 2.20. The van der Waals surface area contributed by atoms with Crippen molar-refractivity contribution in [3.05, 3.63) is 35.5 Å². The van der Waals surface area contributed by atoms with Crippen LogP contribution in [0.3, 0.4) is 0 Å². The fourth-order valence-electron chi connectivity index (χ4n) is 1.38. The maximum atomic E-state index is 9.46. The van der Waals surface area contributed by atoms with Crippen LogP contribution in [-0.4, -0.2) is 10.1 Å². The second-order valence-corrected chi connectivity index (χ2v) is 3.09. The van der Waals surface area contributed by atoms with Crippen LogP contribution in [0.1, 0.15) is 11.3 Å². The highest BCUT2D eigenvalue weighted by molar-refractivity contribution is 5.84. The molecule has 68 valence electrons. The number of pyridine rings is 1. The van der Waals surface area contributed by atoms with E-state index in [1.165, 1.54) is 0 Å². The lowest BCUT2D eigenvalue weighted by Crippen LogP contribution is -1.87. The summed E-state index contributed by atoms with van der Waals surface area (Å²) in [7, 11) is 0. The standard InChI is InChI=1S/C11H8N2O/c1-7-10(14)5-3-8-2-4-9(6-12)13-11(7)8/h2-5,14H,1H3. The molecule has 1 aromatic carbocycles. The minimum absolute atomic E-state index is 0.208. The van der Waals surface area contributed by atoms with Crippen LogP contribution in [0.5, 0.6) is 5.75 Å². The van der Waals surface area contributed by atoms with Crippen LogP contribution in [0, 0.1) is 18.3 Å². The summed E-state index contributed by atoms with van der Waals surface area (Å²) in [6.07, 6.45) is 0. The predicted molar refractivity (Wildman–Crippen MR) is 52.9 cm³/mol. The van der Waals surface area contributed by atoms with E-state index < -0.39 is 0 Å². The fraction of sp³-hybridized carbons (Fsp3) is 0.0909. The van der Waals surface area contributed by atoms with Gasteiger partial charge >= 0.3 is 0 Å². The average molecular weight is 184 g/mol. The third kappa shape index (κ3) is 1.17. The summed E-state index contributed by atoms with van der Waals surface area (Å²) >= 11 is 0. The molecule has 0 aliphatic carbocycles. The summed E-state index contributed by atoms with van der Waals surface area (Å²) in [6, 6.07) is 8.88. The van der Waals surface area contributed by atoms with E-state index in [1.54, 1.807) is 25.1 Å². The van der Waals surface area contributed by atoms with E-state index in [4.69, 9.17) is 5.26 Å². The molecule has 0 radical (unpaired) electrons. The van der Waals surface area contributed by atoms with Gasteiger partial charge in [0, 0.05) is 10.9 Å². The Labute approximate surface area is 81.2 Å². The Bertz CT molecular complexity index is 541. The highest BCUT2D eigenvalue weighted by Gasteiger charge is 2.04. The number of hydrogen-bond acceptors (Lipinski definition) is 3. The summed E-state index contributed by atoms with van der Waals surface area (Å²) in [5.74, 6) is 0.208. The Kier molecular flexibility index (Phi) is 1.83. The van der Waals surface area contributed by atoms with Crippen LogP contribution < -0.4 is 0 Å². The Balaban J connectivity index is 2.86. The Morgan fingerprint density at radius 1 is 1.29 bits per heavy atom. The van der Waals surface area contributed by atoms with Gasteiger partial charge in [0.1, 0.15) is 17.5 Å². The summed E-state index contributed by atoms with van der Waals surface area (Å²) in [4.78, 5) is 4.13. The molecular formula is C11H8N2O. The maximum absolute atomic E-state index is 9.46. The first-order valence-electron chi connectivity index (χ1n) is 4.22. The van der Waals surface area contributed by atoms with Gasteiger partial charge in [0.05, 0.1) is 5.52 Å². The lowest BCUT2D eigenvalue weighted by Gasteiger charge is -2.03. The lowest BCUT2D eigenvalue weighted by molar-refractivity contribution is 0.472. The van der Waals surface area contributed by atoms with Crippen molar-refractivity contribution in [1.29, 1.82) is 5.26 Å². The first-order valence-corrected chi connectivity index (χ1v) is 4.22. The van der Waals surface area contributed by atoms with E-state index in [2.05, 4.69) is 4.98 Å². The number of aromatic hydroxyl groups is 1. The van der Waals surface area contributed by atoms with Gasteiger partial charge in [0.25, 0.3) is 0 Å². The van der Waals surface area contributed by atoms with Crippen molar-refractivity contribution in [3.63, 3.8) is 0 Å². The zero-order valence-electron chi connectivity index (χ0n) is 7.65. The predicted octanol–water partition coefficient (Wildman–Crippen LogP) is 2.12. The molecule has 0 fully saturated rings. The van der Waals surface area contributed by atoms with Gasteiger partial charge in [-0.05, 0) is 31.2 Å². The van der Waals surface area contributed by atoms with Gasteiger partial charge in [-0.3, -0.25) is 0 Å². The molecule has 0 bridgehead atoms. The van der Waals surface area contributed by atoms with Gasteiger partial charge < -0.3 is 5.11 Å². The lowest BCUT2D eigenvalue weighted by atomic mass is 10.1. The second kappa shape index (κ2) is 3.00. The van der Waals surface area contributed by atoms with Crippen LogP contribution >= 0.6 is 0 Å². The van der Waals surface area contributed by atoms with Crippen molar-refractivity contribution >= 4 is 10.9 Å². The van der Waals surface area contributed by atoms with E-state index in [0.717, 1.165) is 5.39 Å². The summed E-state index contributed by atoms with van der Waals surface area (Å²) in [5, 5.41) is 19.1. The number of rotatable bonds is 0. The topological polar surface area (TPSA) is 56.9 Å². The molecule has 2 rings (SSSR count). The first kappa shape index (κ1) is 8.52. The number of hydrogen-bond donors (Lipinski definition) is 1. The molecule has 14 heavy (non-hydrogen) atoms. The number of nitriles is 1. The largest absolute Gasteiger partial charge is 0.508 e. The molecule has 0 saturated carbocycles. The number of fused-ring (bicyclic) bond motifs is 1. The maximum Gasteiger partial charge on any atom is 0.141 e. The van der Waals surface area contributed by atoms with Gasteiger partial charge in [-0.25, -0.2) is 4.98 Å². The van der Waals surface area contributed by atoms with Crippen molar-refractivity contribution in [2.75, 3.05) is 0 Å². The van der Waals surface area contributed by atoms with Crippen molar-refractivity contribution in [2.24, 2.45) is 0 Å². The molecule has 3 nitrogen and oxygen atoms in total. The minimum atomic E-state index is 0.208. The molecule has 0 saturated heterocycles. The van der Waals surface area contributed by atoms with Gasteiger partial charge in [-0.1, -0.05) is 0 Å². The van der Waals surface area contributed by atoms with E-state index in [9.17, 15) is 5.11 Å². The quantitative estimate of drug-likeness (QED) is 0.682. The highest BCUT2D eigenvalue weighted by atomic mass is 16.3. The molecule has 1 aromatic heterocycles. The van der Waals surface area contributed by atoms with Gasteiger partial charge in [-0.15, -0.1) is 0 Å². The molecule has 0 aliphatic rings. The van der Waals surface area contributed by atoms with Crippen molar-refractivity contribution in [1.82, 2.24) is 4.98 Å². The van der Waals surface area contributed by atoms with Crippen LogP contribution in [0.25, 0.3) is 10.9 Å². The van der Waals surface area contributed by atoms with Crippen molar-refractivity contribution in [2.45, 2.75) is 6.92 Å². The molecule has 2 aromatic rings. The van der Waals surface area contributed by atoms with Crippen molar-refractivity contribution < 1.29 is 5.11 Å². The third-order valence-electron chi connectivity index (χ3n) is 2.20. The Morgan fingerprint density at radius 2 is 2.00 bits per heavy atom. The molecule has 3 heteroatoms. The van der Waals surface area contributed by atoms with Crippen LogP contribution in [0.2, 0.25) is 0 Å². The van der Waals surface area contributed by atoms with Crippen LogP contribution in [0.4, 0.5) is 0 Å². The number of aromatic nitrogens is 1. The van der Waals surface area contributed by atoms with E-state index in [0.29, 0.717) is 16.8 Å². The fourth-order valence-corrected chi connectivity index (χ4v) is 1.38. The average Bonchev–Trinajstić information content (AvgIpc) is 2.23. The second-order valence-electron chi connectivity index (χ2n) is 3.09. The number of phenolic OH excluding ortho intramolecular Hbond substituents is 1. The molecule has 0 atom stereocenters. The first-order chi connectivity index (χ1) is 6.72. The van der Waals surface area contributed by atoms with Crippen LogP contribution in [0.15, 0.2) is 24.3 Å². The minimum Gasteiger partial charge on any atom is -0.508 e. The monoisotopic (exact) mass is 184 g/mol. The SMILES string of the molecule is Cc1c(O)ccc2ccc(C#N)nc12. The van der Waals surface area contributed by atoms with E-state index >= 15 is 0 Å². The molecule has 1 N–H and O–H groups in total. The molecular weight excluding hydrogens is 176 g/mol. The molecule has 0 unspecified atom stereocenters. The summed E-state index contributed by atoms with van der Waals surface area (Å²) in [6.45, 7) is 1.78. The van der Waals surface area contributed by atoms with Crippen LogP contribution in [-0.2, 0) is 0 Å². The zero-order chi connectivity index (χ0) is 10.1. The number of nitrogens with zero attached hydrogens (tertiary/aromatic N) is 2. The Hall–Kier alpha value is -2.08. The molecule has 1 heterocycles. The smallest absolute Gasteiger partial charge is 0.141 e. The van der Waals surface area contributed by atoms with Crippen molar-refractivity contribution in [3.8, 4) is 11.8 Å². The summed E-state index contributed by atoms with van der Waals surface area (Å²) in [5.41, 5.74) is 1.76.